The summed E-state index contributed by atoms with van der Waals surface area (Å²) in [5.41, 5.74) is 7.91. The number of nitrogens with one attached hydrogen (secondary N) is 5. The van der Waals surface area contributed by atoms with Gasteiger partial charge in [-0.1, -0.05) is 68.3 Å². The van der Waals surface area contributed by atoms with Crippen LogP contribution in [0.15, 0.2) is 60.8 Å². The zero-order valence-electron chi connectivity index (χ0n) is 27.8. The van der Waals surface area contributed by atoms with Crippen molar-refractivity contribution in [2.75, 3.05) is 12.0 Å². The molecule has 0 aliphatic carbocycles. The zero-order valence-corrected chi connectivity index (χ0v) is 28.6. The standard InChI is InChI=1S/C35H46N6O7S/c1-3-4-6-15-30(42)38-28(19-23-21-37-25-14-10-9-13-24(23)25)34(47)39-26(16-17-49-2)33(46)41-29(20-31(43)44)35(48)40-27(32(36)45)18-22-11-7-5-8-12-22/h5,7-14,21,26-29,37H,3-4,6,15-20H2,1-2H3,(H2,36,45)(H,38,42)(H,39,47)(H,40,48)(H,41,46)(H,43,44)/t26-,27-,28-,29-/m0/s1. The third-order valence-electron chi connectivity index (χ3n) is 7.96. The highest BCUT2D eigenvalue weighted by Gasteiger charge is 2.32. The van der Waals surface area contributed by atoms with E-state index in [9.17, 15) is 33.9 Å². The Bertz CT molecular complexity index is 1580. The zero-order chi connectivity index (χ0) is 35.8. The number of H-pyrrole nitrogens is 1. The van der Waals surface area contributed by atoms with E-state index in [0.717, 1.165) is 29.3 Å². The largest absolute Gasteiger partial charge is 0.481 e. The van der Waals surface area contributed by atoms with Crippen molar-refractivity contribution < 1.29 is 33.9 Å². The second kappa shape index (κ2) is 19.8. The molecule has 2 aromatic carbocycles. The van der Waals surface area contributed by atoms with Gasteiger partial charge in [0.15, 0.2) is 0 Å². The number of carboxylic acids is 1. The third kappa shape index (κ3) is 12.6. The van der Waals surface area contributed by atoms with Gasteiger partial charge in [-0.15, -0.1) is 0 Å². The van der Waals surface area contributed by atoms with Gasteiger partial charge in [0.05, 0.1) is 6.42 Å². The topological polar surface area (TPSA) is 213 Å². The lowest BCUT2D eigenvalue weighted by Crippen LogP contribution is -2.59. The number of rotatable bonds is 21. The molecule has 0 unspecified atom stereocenters. The summed E-state index contributed by atoms with van der Waals surface area (Å²) >= 11 is 1.43. The van der Waals surface area contributed by atoms with E-state index in [0.29, 0.717) is 17.7 Å². The highest BCUT2D eigenvalue weighted by atomic mass is 32.2. The van der Waals surface area contributed by atoms with Gasteiger partial charge >= 0.3 is 5.97 Å². The number of fused-ring (bicyclic) bond motifs is 1. The fourth-order valence-corrected chi connectivity index (χ4v) is 5.78. The quantitative estimate of drug-likeness (QED) is 0.0820. The first-order valence-corrected chi connectivity index (χ1v) is 17.7. The number of carboxylic acid groups (broad SMARTS) is 1. The van der Waals surface area contributed by atoms with Gasteiger partial charge in [-0.05, 0) is 42.0 Å². The molecular formula is C35H46N6O7S. The molecule has 0 aliphatic rings. The van der Waals surface area contributed by atoms with Crippen LogP contribution in [0.25, 0.3) is 10.9 Å². The van der Waals surface area contributed by atoms with Crippen molar-refractivity contribution in [3.63, 3.8) is 0 Å². The minimum atomic E-state index is -1.57. The van der Waals surface area contributed by atoms with Crippen LogP contribution >= 0.6 is 11.8 Å². The molecule has 264 valence electrons. The lowest BCUT2D eigenvalue weighted by atomic mass is 10.0. The highest BCUT2D eigenvalue weighted by Crippen LogP contribution is 2.19. The molecule has 3 aromatic rings. The van der Waals surface area contributed by atoms with Gasteiger partial charge in [-0.3, -0.25) is 28.8 Å². The maximum atomic E-state index is 13.8. The van der Waals surface area contributed by atoms with Crippen LogP contribution in [-0.2, 0) is 41.6 Å². The number of carbonyl (C=O) groups excluding carboxylic acids is 5. The molecule has 14 heteroatoms. The molecule has 1 aromatic heterocycles. The minimum Gasteiger partial charge on any atom is -0.481 e. The highest BCUT2D eigenvalue weighted by molar-refractivity contribution is 7.98. The molecule has 0 aliphatic heterocycles. The molecule has 0 bridgehead atoms. The van der Waals surface area contributed by atoms with Crippen LogP contribution in [0.4, 0.5) is 0 Å². The van der Waals surface area contributed by atoms with Crippen molar-refractivity contribution in [1.29, 1.82) is 0 Å². The van der Waals surface area contributed by atoms with Crippen LogP contribution in [0.1, 0.15) is 56.6 Å². The Balaban J connectivity index is 1.79. The molecule has 0 fully saturated rings. The lowest BCUT2D eigenvalue weighted by Gasteiger charge is -2.26. The van der Waals surface area contributed by atoms with Gasteiger partial charge in [-0.25, -0.2) is 0 Å². The van der Waals surface area contributed by atoms with E-state index in [2.05, 4.69) is 26.3 Å². The molecule has 4 atom stereocenters. The molecule has 0 saturated heterocycles. The summed E-state index contributed by atoms with van der Waals surface area (Å²) in [6.07, 6.45) is 5.87. The Morgan fingerprint density at radius 1 is 0.796 bits per heavy atom. The van der Waals surface area contributed by atoms with E-state index in [1.165, 1.54) is 11.8 Å². The van der Waals surface area contributed by atoms with Gasteiger partial charge in [0.2, 0.25) is 29.5 Å². The first-order chi connectivity index (χ1) is 23.5. The Morgan fingerprint density at radius 3 is 2.10 bits per heavy atom. The van der Waals surface area contributed by atoms with Crippen molar-refractivity contribution >= 4 is 58.2 Å². The Kier molecular flexibility index (Phi) is 15.6. The summed E-state index contributed by atoms with van der Waals surface area (Å²) in [7, 11) is 0. The molecule has 49 heavy (non-hydrogen) atoms. The van der Waals surface area contributed by atoms with E-state index in [-0.39, 0.29) is 31.6 Å². The van der Waals surface area contributed by atoms with E-state index in [4.69, 9.17) is 5.73 Å². The Labute approximate surface area is 289 Å². The average Bonchev–Trinajstić information content (AvgIpc) is 3.48. The van der Waals surface area contributed by atoms with Crippen molar-refractivity contribution in [3.8, 4) is 0 Å². The monoisotopic (exact) mass is 694 g/mol. The second-order valence-electron chi connectivity index (χ2n) is 11.8. The van der Waals surface area contributed by atoms with E-state index in [1.54, 1.807) is 36.5 Å². The molecule has 3 rings (SSSR count). The number of aliphatic carboxylic acids is 1. The maximum absolute atomic E-state index is 13.8. The number of carbonyl (C=O) groups is 6. The van der Waals surface area contributed by atoms with Crippen LogP contribution in [0.5, 0.6) is 0 Å². The van der Waals surface area contributed by atoms with Crippen molar-refractivity contribution in [1.82, 2.24) is 26.3 Å². The third-order valence-corrected chi connectivity index (χ3v) is 8.60. The number of aromatic nitrogens is 1. The summed E-state index contributed by atoms with van der Waals surface area (Å²) in [6.45, 7) is 2.02. The van der Waals surface area contributed by atoms with Gasteiger partial charge in [0, 0.05) is 36.4 Å². The number of para-hydroxylation sites is 1. The van der Waals surface area contributed by atoms with E-state index >= 15 is 0 Å². The second-order valence-corrected chi connectivity index (χ2v) is 12.8. The average molecular weight is 695 g/mol. The number of amides is 5. The van der Waals surface area contributed by atoms with Crippen molar-refractivity contribution in [2.45, 2.75) is 82.5 Å². The summed E-state index contributed by atoms with van der Waals surface area (Å²) in [6, 6.07) is 11.4. The summed E-state index contributed by atoms with van der Waals surface area (Å²) in [5.74, 6) is -4.35. The number of nitrogens with two attached hydrogens (primary N) is 1. The predicted octanol–water partition coefficient (Wildman–Crippen LogP) is 2.19. The summed E-state index contributed by atoms with van der Waals surface area (Å²) in [4.78, 5) is 80.6. The fraction of sp³-hybridized carbons (Fsp3) is 0.429. The number of hydrogen-bond donors (Lipinski definition) is 7. The van der Waals surface area contributed by atoms with Crippen molar-refractivity contribution in [3.05, 3.63) is 71.9 Å². The molecule has 5 amide bonds. The summed E-state index contributed by atoms with van der Waals surface area (Å²) < 4.78 is 0. The Hall–Kier alpha value is -4.85. The van der Waals surface area contributed by atoms with Crippen LogP contribution in [0, 0.1) is 0 Å². The molecular weight excluding hydrogens is 648 g/mol. The number of benzene rings is 2. The predicted molar refractivity (Wildman–Crippen MR) is 188 cm³/mol. The number of unbranched alkanes of at least 4 members (excludes halogenated alkanes) is 2. The summed E-state index contributed by atoms with van der Waals surface area (Å²) in [5, 5.41) is 20.9. The molecule has 0 spiro atoms. The smallest absolute Gasteiger partial charge is 0.305 e. The molecule has 13 nitrogen and oxygen atoms in total. The van der Waals surface area contributed by atoms with Crippen LogP contribution < -0.4 is 27.0 Å². The first kappa shape index (κ1) is 38.6. The number of primary amides is 1. The van der Waals surface area contributed by atoms with Crippen molar-refractivity contribution in [2.24, 2.45) is 5.73 Å². The van der Waals surface area contributed by atoms with Gasteiger partial charge in [0.25, 0.3) is 0 Å². The van der Waals surface area contributed by atoms with Gasteiger partial charge in [-0.2, -0.15) is 11.8 Å². The van der Waals surface area contributed by atoms with E-state index < -0.39 is 60.2 Å². The minimum absolute atomic E-state index is 0.0596. The van der Waals surface area contributed by atoms with Gasteiger partial charge < -0.3 is 37.1 Å². The number of aromatic amines is 1. The van der Waals surface area contributed by atoms with Crippen LogP contribution in [0.3, 0.4) is 0 Å². The molecule has 0 saturated carbocycles. The van der Waals surface area contributed by atoms with E-state index in [1.807, 2.05) is 37.4 Å². The van der Waals surface area contributed by atoms with Crippen LogP contribution in [-0.4, -0.2) is 81.8 Å². The Morgan fingerprint density at radius 2 is 1.43 bits per heavy atom. The number of thioether (sulfide) groups is 1. The molecule has 8 N–H and O–H groups in total. The fourth-order valence-electron chi connectivity index (χ4n) is 5.31. The lowest BCUT2D eigenvalue weighted by molar-refractivity contribution is -0.141. The van der Waals surface area contributed by atoms with Gasteiger partial charge in [0.1, 0.15) is 24.2 Å². The first-order valence-electron chi connectivity index (χ1n) is 16.3. The molecule has 0 radical (unpaired) electrons. The normalized spacial score (nSPS) is 13.4. The number of hydrogen-bond acceptors (Lipinski definition) is 7. The SMILES string of the molecule is CCCCCC(=O)N[C@@H](Cc1c[nH]c2ccccc12)C(=O)N[C@@H](CCSC)C(=O)N[C@@H](CC(=O)O)C(=O)N[C@@H](Cc1ccccc1)C(N)=O. The molecule has 1 heterocycles. The maximum Gasteiger partial charge on any atom is 0.305 e. The van der Waals surface area contributed by atoms with Crippen LogP contribution in [0.2, 0.25) is 0 Å².